The van der Waals surface area contributed by atoms with Gasteiger partial charge in [0.05, 0.1) is 53.7 Å². The quantitative estimate of drug-likeness (QED) is 0.0194. The third-order valence-corrected chi connectivity index (χ3v) is 21.8. The molecule has 0 spiro atoms. The van der Waals surface area contributed by atoms with Crippen LogP contribution in [0.5, 0.6) is 0 Å². The first-order valence-electron chi connectivity index (χ1n) is 30.2. The number of anilines is 4. The summed E-state index contributed by atoms with van der Waals surface area (Å²) in [4.78, 5) is 54.9. The average Bonchev–Trinajstić information content (AvgIpc) is 1.86. The maximum atomic E-state index is 10.8. The molecule has 0 radical (unpaired) electrons. The molecule has 6 N–H and O–H groups in total. The number of aliphatic imine (C=N–C) groups is 2. The molecule has 4 aliphatic rings. The van der Waals surface area contributed by atoms with Gasteiger partial charge < -0.3 is 56.2 Å². The number of aliphatic hydroxyl groups excluding tert-OH is 1. The van der Waals surface area contributed by atoms with E-state index in [1.54, 1.807) is 99.6 Å². The normalized spacial score (nSPS) is 13.7. The van der Waals surface area contributed by atoms with Crippen molar-refractivity contribution in [2.45, 2.75) is 19.6 Å². The molecule has 29 heteroatoms. The van der Waals surface area contributed by atoms with Gasteiger partial charge in [0.1, 0.15) is 11.7 Å². The van der Waals surface area contributed by atoms with Gasteiger partial charge in [-0.15, -0.1) is 117 Å². The van der Waals surface area contributed by atoms with Crippen molar-refractivity contribution in [3.05, 3.63) is 167 Å². The monoisotopic (exact) mass is 1490 g/mol. The highest BCUT2D eigenvalue weighted by Crippen LogP contribution is 2.40. The predicted octanol–water partition coefficient (Wildman–Crippen LogP) is 14.6. The Morgan fingerprint density at radius 2 is 0.937 bits per heavy atom. The first-order valence-corrected chi connectivity index (χ1v) is 38.5. The van der Waals surface area contributed by atoms with Gasteiger partial charge >= 0.3 is 0 Å². The summed E-state index contributed by atoms with van der Waals surface area (Å²) >= 11 is 19.4. The molecule has 11 rings (SSSR count). The first-order chi connectivity index (χ1) is 45.2. The number of alkyl halides is 1. The molecule has 7 aromatic rings. The van der Waals surface area contributed by atoms with Gasteiger partial charge in [0, 0.05) is 162 Å². The van der Waals surface area contributed by atoms with E-state index in [1.807, 2.05) is 110 Å². The Labute approximate surface area is 606 Å². The van der Waals surface area contributed by atoms with Crippen LogP contribution in [0.2, 0.25) is 0 Å². The zero-order chi connectivity index (χ0) is 68.5. The van der Waals surface area contributed by atoms with Gasteiger partial charge in [-0.3, -0.25) is 20.2 Å². The number of thioether (sulfide) groups is 5. The molecule has 0 saturated carbocycles. The van der Waals surface area contributed by atoms with E-state index >= 15 is 0 Å². The molecule has 0 aliphatic carbocycles. The van der Waals surface area contributed by atoms with Crippen LogP contribution in [0.4, 0.5) is 45.5 Å². The molecule has 4 aliphatic heterocycles. The Morgan fingerprint density at radius 3 is 1.29 bits per heavy atom. The summed E-state index contributed by atoms with van der Waals surface area (Å²) in [6.45, 7) is 14.9. The number of benzene rings is 4. The zero-order valence-corrected chi connectivity index (χ0v) is 64.0. The number of hydrogen-bond donors (Lipinski definition) is 4. The smallest absolute Gasteiger partial charge is 0.271 e. The Hall–Kier alpha value is -5.21. The number of hydrogen-bond acceptors (Lipinski definition) is 23. The fourth-order valence-corrected chi connectivity index (χ4v) is 15.7. The number of nitro benzene ring substituents is 2. The van der Waals surface area contributed by atoms with E-state index in [-0.39, 0.29) is 33.6 Å². The molecule has 0 saturated heterocycles. The van der Waals surface area contributed by atoms with E-state index in [9.17, 15) is 20.2 Å². The van der Waals surface area contributed by atoms with Crippen molar-refractivity contribution in [1.82, 2.24) is 19.6 Å². The number of halogens is 2. The van der Waals surface area contributed by atoms with Gasteiger partial charge in [-0.1, -0.05) is 24.8 Å². The lowest BCUT2D eigenvalue weighted by Crippen LogP contribution is -2.35. The first kappa shape index (κ1) is 82.2. The number of rotatable bonds is 19. The average molecular weight is 1490 g/mol. The Kier molecular flexibility index (Phi) is 38.6. The van der Waals surface area contributed by atoms with E-state index in [4.69, 9.17) is 28.2 Å². The number of amidine groups is 2. The van der Waals surface area contributed by atoms with Gasteiger partial charge in [0.2, 0.25) is 0 Å². The van der Waals surface area contributed by atoms with E-state index in [0.29, 0.717) is 11.7 Å². The summed E-state index contributed by atoms with van der Waals surface area (Å²) in [5.41, 5.74) is 18.8. The standard InChI is InChI=1S/2C17H22N4S2.C12H17N3O2S.C8H8N2O2S.C7H8S2.C4H10ClN.CH4O.ClH/c2*1-20(2)7-8-21-9-11-23-15-6-5-13(12-14(15)21)19-17(18)16-4-3-10-22-16;1-13(2)5-6-14-7-8-18-12-4-3-10(15(16)17)9-11(12)14;11-10(12)6-1-2-8-7(5-6)9-3-4-13-8;1-6(8-2)7-4-3-5-9-7;1-6(2)4-3-5;1-2;/h2*3-6,10,12H,7-9,11H2,1-2H3,(H2,18,19);3-4,9H,5-8H2,1-2H3;1-2,5,9H,3-4H2;3-5H,1H2,2H3;3-4H2,1-2H3;2H,1H3;1H. The second-order valence-electron chi connectivity index (χ2n) is 21.9. The lowest BCUT2D eigenvalue weighted by Gasteiger charge is -2.32. The number of nitrogens with one attached hydrogen (secondary N) is 1. The summed E-state index contributed by atoms with van der Waals surface area (Å²) < 4.78 is 0. The van der Waals surface area contributed by atoms with Crippen LogP contribution in [-0.4, -0.2) is 217 Å². The third kappa shape index (κ3) is 28.6. The predicted molar refractivity (Wildman–Crippen MR) is 424 cm³/mol. The molecule has 19 nitrogen and oxygen atoms in total. The summed E-state index contributed by atoms with van der Waals surface area (Å²) in [5.74, 6) is 6.24. The minimum atomic E-state index is -0.374. The van der Waals surface area contributed by atoms with Crippen molar-refractivity contribution in [2.75, 3.05) is 191 Å². The molecule has 0 fully saturated rings. The molecule has 0 bridgehead atoms. The molecular formula is C66H92Cl2N14O5S8. The molecule has 518 valence electrons. The summed E-state index contributed by atoms with van der Waals surface area (Å²) in [7, 11) is 17.5. The van der Waals surface area contributed by atoms with Gasteiger partial charge in [0.15, 0.2) is 0 Å². The number of nitrogens with zero attached hydrogens (tertiary/aromatic N) is 11. The maximum Gasteiger partial charge on any atom is 0.271 e. The van der Waals surface area contributed by atoms with Crippen LogP contribution in [0.15, 0.2) is 161 Å². The van der Waals surface area contributed by atoms with Crippen molar-refractivity contribution < 1.29 is 15.0 Å². The minimum absolute atomic E-state index is 0. The Bertz CT molecular complexity index is 3340. The number of aliphatic hydroxyl groups is 1. The van der Waals surface area contributed by atoms with E-state index in [0.717, 1.165) is 155 Å². The molecule has 0 atom stereocenters. The number of thiophene rings is 3. The van der Waals surface area contributed by atoms with Crippen LogP contribution < -0.4 is 31.5 Å². The van der Waals surface area contributed by atoms with Crippen LogP contribution in [0.1, 0.15) is 14.6 Å². The molecule has 0 unspecified atom stereocenters. The van der Waals surface area contributed by atoms with Crippen molar-refractivity contribution in [2.24, 2.45) is 21.5 Å². The van der Waals surface area contributed by atoms with Crippen LogP contribution in [-0.2, 0) is 0 Å². The molecule has 0 amide bonds. The number of nitrogens with two attached hydrogens (primary N) is 2. The highest BCUT2D eigenvalue weighted by Gasteiger charge is 2.22. The SMILES string of the molecule is C=C(SC)c1cccs1.CN(C)CCCl.CN(C)CCN1CCSc2ccc(N=C(N)c3cccs3)cc21.CN(C)CCN1CCSc2ccc(N=C(N)c3cccs3)cc21.CN(C)CCN1CCSc2ccc([N+](=O)[O-])cc21.CO.Cl.O=[N+]([O-])c1ccc2c(c1)NCCS2. The molecule has 3 aromatic heterocycles. The van der Waals surface area contributed by atoms with Gasteiger partial charge in [-0.25, -0.2) is 9.98 Å². The summed E-state index contributed by atoms with van der Waals surface area (Å²) in [5, 5.41) is 37.5. The largest absolute Gasteiger partial charge is 0.400 e. The molecule has 7 heterocycles. The van der Waals surface area contributed by atoms with Gasteiger partial charge in [-0.2, -0.15) is 0 Å². The molecule has 4 aromatic carbocycles. The number of non-ortho nitro benzene ring substituents is 2. The summed E-state index contributed by atoms with van der Waals surface area (Å²) in [6, 6.07) is 35.0. The van der Waals surface area contributed by atoms with Crippen molar-refractivity contribution in [1.29, 1.82) is 0 Å². The number of nitro groups is 2. The van der Waals surface area contributed by atoms with Gasteiger partial charge in [0.25, 0.3) is 11.4 Å². The highest BCUT2D eigenvalue weighted by atomic mass is 35.5. The number of likely N-dealkylation sites (N-methyl/N-ethyl adjacent to an activating group) is 3. The lowest BCUT2D eigenvalue weighted by atomic mass is 10.2. The van der Waals surface area contributed by atoms with Gasteiger partial charge in [-0.05, 0) is 146 Å². The maximum absolute atomic E-state index is 10.8. The topological polar surface area (TPSA) is 218 Å². The van der Waals surface area contributed by atoms with Crippen molar-refractivity contribution in [3.63, 3.8) is 0 Å². The highest BCUT2D eigenvalue weighted by molar-refractivity contribution is 8.07. The second-order valence-corrected chi connectivity index (χ2v) is 30.6. The van der Waals surface area contributed by atoms with Crippen molar-refractivity contribution >= 4 is 179 Å². The second kappa shape index (κ2) is 44.7. The van der Waals surface area contributed by atoms with E-state index < -0.39 is 0 Å². The van der Waals surface area contributed by atoms with E-state index in [2.05, 4.69) is 127 Å². The fraction of sp³-hybridized carbons (Fsp3) is 0.394. The number of fused-ring (bicyclic) bond motifs is 4. The van der Waals surface area contributed by atoms with Crippen LogP contribution in [0.3, 0.4) is 0 Å². The summed E-state index contributed by atoms with van der Waals surface area (Å²) in [6.07, 6.45) is 2.04. The fourth-order valence-electron chi connectivity index (χ4n) is 8.88. The third-order valence-electron chi connectivity index (χ3n) is 13.8. The van der Waals surface area contributed by atoms with Crippen molar-refractivity contribution in [3.8, 4) is 0 Å². The Balaban J connectivity index is 0.000000252. The van der Waals surface area contributed by atoms with Crippen LogP contribution in [0.25, 0.3) is 4.91 Å². The minimum Gasteiger partial charge on any atom is -0.400 e. The van der Waals surface area contributed by atoms with Crippen LogP contribution >= 0.6 is 117 Å². The zero-order valence-electron chi connectivity index (χ0n) is 55.9. The molecule has 95 heavy (non-hydrogen) atoms. The molecular weight excluding hydrogens is 1400 g/mol. The Morgan fingerprint density at radius 1 is 0.568 bits per heavy atom. The van der Waals surface area contributed by atoms with Crippen LogP contribution in [0, 0.1) is 20.2 Å². The van der Waals surface area contributed by atoms with E-state index in [1.165, 1.54) is 26.0 Å². The lowest BCUT2D eigenvalue weighted by molar-refractivity contribution is -0.385.